The molecule has 0 spiro atoms. The molecule has 2 rings (SSSR count). The molecule has 0 radical (unpaired) electrons. The first kappa shape index (κ1) is 13.7. The van der Waals surface area contributed by atoms with E-state index in [2.05, 4.69) is 10.3 Å². The Bertz CT molecular complexity index is 559. The number of fused-ring (bicyclic) bond motifs is 1. The van der Waals surface area contributed by atoms with Crippen LogP contribution in [0.15, 0.2) is 30.3 Å². The van der Waals surface area contributed by atoms with Crippen LogP contribution in [-0.2, 0) is 0 Å². The van der Waals surface area contributed by atoms with Gasteiger partial charge in [-0.1, -0.05) is 18.2 Å². The van der Waals surface area contributed by atoms with E-state index >= 15 is 0 Å². The Balaban J connectivity index is 2.42. The molecular formula is C14H18N2O3. The van der Waals surface area contributed by atoms with Crippen LogP contribution in [0, 0.1) is 6.92 Å². The van der Waals surface area contributed by atoms with Crippen molar-refractivity contribution in [2.75, 3.05) is 25.1 Å². The summed E-state index contributed by atoms with van der Waals surface area (Å²) in [6.07, 6.45) is 0. The van der Waals surface area contributed by atoms with Gasteiger partial charge in [-0.3, -0.25) is 0 Å². The number of benzene rings is 1. The lowest BCUT2D eigenvalue weighted by molar-refractivity contribution is 0.0831. The van der Waals surface area contributed by atoms with Gasteiger partial charge >= 0.3 is 0 Å². The second kappa shape index (κ2) is 5.52. The molecule has 0 bridgehead atoms. The number of aryl methyl sites for hydroxylation is 1. The van der Waals surface area contributed by atoms with Crippen LogP contribution in [0.2, 0.25) is 0 Å². The lowest BCUT2D eigenvalue weighted by atomic mass is 10.0. The van der Waals surface area contributed by atoms with E-state index in [1.807, 2.05) is 37.3 Å². The summed E-state index contributed by atoms with van der Waals surface area (Å²) in [4.78, 5) is 4.46. The normalized spacial score (nSPS) is 11.8. The second-order valence-corrected chi connectivity index (χ2v) is 4.73. The molecule has 0 fully saturated rings. The highest BCUT2D eigenvalue weighted by atomic mass is 16.3. The highest BCUT2D eigenvalue weighted by molar-refractivity contribution is 5.81. The van der Waals surface area contributed by atoms with Gasteiger partial charge in [0.1, 0.15) is 11.4 Å². The van der Waals surface area contributed by atoms with Crippen LogP contribution < -0.4 is 5.32 Å². The number of rotatable bonds is 5. The van der Waals surface area contributed by atoms with Gasteiger partial charge in [0, 0.05) is 5.39 Å². The van der Waals surface area contributed by atoms with E-state index in [1.165, 1.54) is 0 Å². The van der Waals surface area contributed by atoms with Gasteiger partial charge in [0.05, 0.1) is 25.3 Å². The fourth-order valence-corrected chi connectivity index (χ4v) is 1.87. The minimum absolute atomic E-state index is 0.381. The van der Waals surface area contributed by atoms with Crippen molar-refractivity contribution in [3.8, 4) is 0 Å². The molecule has 0 aliphatic rings. The van der Waals surface area contributed by atoms with Gasteiger partial charge < -0.3 is 20.6 Å². The molecule has 19 heavy (non-hydrogen) atoms. The smallest absolute Gasteiger partial charge is 0.130 e. The average molecular weight is 262 g/mol. The van der Waals surface area contributed by atoms with Crippen molar-refractivity contribution in [3.63, 3.8) is 0 Å². The summed E-state index contributed by atoms with van der Waals surface area (Å²) in [5, 5.41) is 32.0. The minimum Gasteiger partial charge on any atom is -0.394 e. The first-order chi connectivity index (χ1) is 9.14. The molecular weight excluding hydrogens is 244 g/mol. The molecule has 1 heterocycles. The Morgan fingerprint density at radius 1 is 1.11 bits per heavy atom. The van der Waals surface area contributed by atoms with Crippen molar-refractivity contribution in [2.45, 2.75) is 12.5 Å². The first-order valence-corrected chi connectivity index (χ1v) is 6.11. The van der Waals surface area contributed by atoms with Crippen LogP contribution in [0.3, 0.4) is 0 Å². The number of nitrogens with one attached hydrogen (secondary N) is 1. The second-order valence-electron chi connectivity index (χ2n) is 4.73. The highest BCUT2D eigenvalue weighted by Gasteiger charge is 2.28. The Morgan fingerprint density at radius 3 is 2.37 bits per heavy atom. The molecule has 2 aromatic rings. The van der Waals surface area contributed by atoms with Gasteiger partial charge in [-0.25, -0.2) is 4.98 Å². The van der Waals surface area contributed by atoms with Gasteiger partial charge in [-0.2, -0.15) is 0 Å². The zero-order valence-corrected chi connectivity index (χ0v) is 10.8. The lowest BCUT2D eigenvalue weighted by Crippen LogP contribution is -2.49. The van der Waals surface area contributed by atoms with E-state index in [4.69, 9.17) is 0 Å². The third-order valence-electron chi connectivity index (χ3n) is 3.21. The molecule has 1 aromatic heterocycles. The molecule has 0 saturated carbocycles. The molecule has 5 heteroatoms. The van der Waals surface area contributed by atoms with Crippen molar-refractivity contribution in [1.82, 2.24) is 4.98 Å². The van der Waals surface area contributed by atoms with Gasteiger partial charge in [-0.05, 0) is 24.6 Å². The zero-order valence-electron chi connectivity index (χ0n) is 10.8. The van der Waals surface area contributed by atoms with E-state index in [1.54, 1.807) is 0 Å². The standard InChI is InChI=1S/C14H18N2O3/c1-10-6-11-4-2-3-5-12(11)15-13(10)16-14(7-17,8-18)9-19/h2-6,17-19H,7-9H2,1H3,(H,15,16). The Hall–Kier alpha value is -1.69. The van der Waals surface area contributed by atoms with E-state index in [9.17, 15) is 15.3 Å². The fourth-order valence-electron chi connectivity index (χ4n) is 1.87. The molecule has 4 N–H and O–H groups in total. The van der Waals surface area contributed by atoms with Crippen LogP contribution in [0.25, 0.3) is 10.9 Å². The molecule has 0 aliphatic heterocycles. The van der Waals surface area contributed by atoms with Crippen LogP contribution in [0.4, 0.5) is 5.82 Å². The molecule has 0 amide bonds. The maximum absolute atomic E-state index is 9.33. The molecule has 0 aliphatic carbocycles. The van der Waals surface area contributed by atoms with Gasteiger partial charge in [0.25, 0.3) is 0 Å². The summed E-state index contributed by atoms with van der Waals surface area (Å²) in [6.45, 7) is 0.745. The van der Waals surface area contributed by atoms with E-state index in [-0.39, 0.29) is 19.8 Å². The van der Waals surface area contributed by atoms with Gasteiger partial charge in [0.2, 0.25) is 0 Å². The Kier molecular flexibility index (Phi) is 3.99. The first-order valence-electron chi connectivity index (χ1n) is 6.11. The predicted molar refractivity (Wildman–Crippen MR) is 74.1 cm³/mol. The van der Waals surface area contributed by atoms with Crippen LogP contribution in [0.5, 0.6) is 0 Å². The monoisotopic (exact) mass is 262 g/mol. The van der Waals surface area contributed by atoms with E-state index < -0.39 is 5.54 Å². The van der Waals surface area contributed by atoms with Gasteiger partial charge in [-0.15, -0.1) is 0 Å². The third-order valence-corrected chi connectivity index (χ3v) is 3.21. The van der Waals surface area contributed by atoms with Crippen molar-refractivity contribution in [3.05, 3.63) is 35.9 Å². The summed E-state index contributed by atoms with van der Waals surface area (Å²) in [5.74, 6) is 0.552. The van der Waals surface area contributed by atoms with Crippen molar-refractivity contribution in [2.24, 2.45) is 0 Å². The molecule has 5 nitrogen and oxygen atoms in total. The quantitative estimate of drug-likeness (QED) is 0.636. The zero-order chi connectivity index (χ0) is 13.9. The molecule has 0 saturated heterocycles. The SMILES string of the molecule is Cc1cc2ccccc2nc1NC(CO)(CO)CO. The third kappa shape index (κ3) is 2.68. The predicted octanol–water partition coefficient (Wildman–Crippen LogP) is 0.671. The summed E-state index contributed by atoms with van der Waals surface area (Å²) >= 11 is 0. The number of para-hydroxylation sites is 1. The summed E-state index contributed by atoms with van der Waals surface area (Å²) in [5.41, 5.74) is 0.539. The summed E-state index contributed by atoms with van der Waals surface area (Å²) in [7, 11) is 0. The Morgan fingerprint density at radius 2 is 1.74 bits per heavy atom. The maximum atomic E-state index is 9.33. The van der Waals surface area contributed by atoms with Crippen molar-refractivity contribution < 1.29 is 15.3 Å². The van der Waals surface area contributed by atoms with Crippen molar-refractivity contribution in [1.29, 1.82) is 0 Å². The number of aliphatic hydroxyl groups is 3. The number of aromatic nitrogens is 1. The van der Waals surface area contributed by atoms with Crippen LogP contribution >= 0.6 is 0 Å². The highest BCUT2D eigenvalue weighted by Crippen LogP contribution is 2.22. The number of aliphatic hydroxyl groups excluding tert-OH is 3. The Labute approximate surface area is 111 Å². The number of hydrogen-bond donors (Lipinski definition) is 4. The van der Waals surface area contributed by atoms with Gasteiger partial charge in [0.15, 0.2) is 0 Å². The largest absolute Gasteiger partial charge is 0.394 e. The molecule has 1 aromatic carbocycles. The number of hydrogen-bond acceptors (Lipinski definition) is 5. The molecule has 0 unspecified atom stereocenters. The fraction of sp³-hybridized carbons (Fsp3) is 0.357. The average Bonchev–Trinajstić information content (AvgIpc) is 2.45. The summed E-state index contributed by atoms with van der Waals surface area (Å²) < 4.78 is 0. The number of pyridine rings is 1. The molecule has 102 valence electrons. The van der Waals surface area contributed by atoms with Crippen LogP contribution in [-0.4, -0.2) is 45.7 Å². The minimum atomic E-state index is -1.17. The topological polar surface area (TPSA) is 85.6 Å². The molecule has 0 atom stereocenters. The van der Waals surface area contributed by atoms with Crippen LogP contribution in [0.1, 0.15) is 5.56 Å². The van der Waals surface area contributed by atoms with E-state index in [0.717, 1.165) is 16.5 Å². The van der Waals surface area contributed by atoms with E-state index in [0.29, 0.717) is 5.82 Å². The number of anilines is 1. The lowest BCUT2D eigenvalue weighted by Gasteiger charge is -2.30. The maximum Gasteiger partial charge on any atom is 0.130 e. The number of nitrogens with zero attached hydrogens (tertiary/aromatic N) is 1. The summed E-state index contributed by atoms with van der Waals surface area (Å²) in [6, 6.07) is 9.67. The van der Waals surface area contributed by atoms with Crippen molar-refractivity contribution >= 4 is 16.7 Å².